The van der Waals surface area contributed by atoms with Crippen LogP contribution >= 0.6 is 23.1 Å². The maximum atomic E-state index is 13.2. The Morgan fingerprint density at radius 2 is 1.90 bits per heavy atom. The van der Waals surface area contributed by atoms with Crippen molar-refractivity contribution in [3.05, 3.63) is 86.7 Å². The molecule has 0 saturated carbocycles. The smallest absolute Gasteiger partial charge is 0.284 e. The summed E-state index contributed by atoms with van der Waals surface area (Å²) in [4.78, 5) is 32.9. The Morgan fingerprint density at radius 1 is 1.10 bits per heavy atom. The zero-order valence-corrected chi connectivity index (χ0v) is 16.4. The lowest BCUT2D eigenvalue weighted by molar-refractivity contribution is 0.627. The fourth-order valence-electron chi connectivity index (χ4n) is 3.09. The topological polar surface area (TPSA) is 83.5 Å². The number of nitrogens with zero attached hydrogens (tertiary/aromatic N) is 2. The van der Waals surface area contributed by atoms with Crippen LogP contribution in [0.15, 0.2) is 68.5 Å². The number of nitrogens with one attached hydrogen (secondary N) is 2. The maximum Gasteiger partial charge on any atom is 0.284 e. The highest BCUT2D eigenvalue weighted by Crippen LogP contribution is 2.30. The molecule has 3 aromatic heterocycles. The second kappa shape index (κ2) is 7.02. The minimum Gasteiger partial charge on any atom is -0.343 e. The molecule has 0 unspecified atom stereocenters. The van der Waals surface area contributed by atoms with Crippen LogP contribution in [0.3, 0.4) is 0 Å². The van der Waals surface area contributed by atoms with E-state index < -0.39 is 11.4 Å². The van der Waals surface area contributed by atoms with Gasteiger partial charge in [-0.2, -0.15) is 0 Å². The van der Waals surface area contributed by atoms with Gasteiger partial charge in [-0.3, -0.25) is 14.7 Å². The van der Waals surface area contributed by atoms with E-state index in [1.165, 1.54) is 46.8 Å². The van der Waals surface area contributed by atoms with Crippen molar-refractivity contribution in [1.29, 1.82) is 0 Å². The molecular formula is C20H13FN4O2S2. The van der Waals surface area contributed by atoms with Crippen molar-refractivity contribution in [2.45, 2.75) is 10.1 Å². The van der Waals surface area contributed by atoms with Gasteiger partial charge in [0.2, 0.25) is 0 Å². The Labute approximate surface area is 171 Å². The van der Waals surface area contributed by atoms with Gasteiger partial charge in [0.15, 0.2) is 9.77 Å². The van der Waals surface area contributed by atoms with Gasteiger partial charge >= 0.3 is 0 Å². The summed E-state index contributed by atoms with van der Waals surface area (Å²) in [7, 11) is 0. The molecule has 0 amide bonds. The van der Waals surface area contributed by atoms with E-state index in [1.807, 2.05) is 24.3 Å². The predicted molar refractivity (Wildman–Crippen MR) is 114 cm³/mol. The summed E-state index contributed by atoms with van der Waals surface area (Å²) >= 11 is 3.12. The number of aromatic nitrogens is 4. The Morgan fingerprint density at radius 3 is 2.69 bits per heavy atom. The number of halogens is 1. The SMILES string of the molecule is O=c1cc(CSc2nc3ccccc3s2)[nH]c2[nH]n(-c3ccc(F)cc3)c(=O)c12. The molecule has 0 radical (unpaired) electrons. The van der Waals surface area contributed by atoms with E-state index in [0.29, 0.717) is 22.8 Å². The molecule has 0 bridgehead atoms. The Balaban J connectivity index is 1.48. The lowest BCUT2D eigenvalue weighted by Gasteiger charge is -2.01. The van der Waals surface area contributed by atoms with Crippen LogP contribution in [0.5, 0.6) is 0 Å². The highest BCUT2D eigenvalue weighted by Gasteiger charge is 2.14. The van der Waals surface area contributed by atoms with Gasteiger partial charge in [-0.1, -0.05) is 23.9 Å². The zero-order chi connectivity index (χ0) is 20.0. The van der Waals surface area contributed by atoms with Crippen molar-refractivity contribution in [3.8, 4) is 5.69 Å². The number of pyridine rings is 1. The molecule has 6 nitrogen and oxygen atoms in total. The van der Waals surface area contributed by atoms with Crippen LogP contribution in [-0.2, 0) is 5.75 Å². The molecule has 0 fully saturated rings. The summed E-state index contributed by atoms with van der Waals surface area (Å²) in [5, 5.41) is 2.95. The van der Waals surface area contributed by atoms with E-state index in [9.17, 15) is 14.0 Å². The molecule has 3 heterocycles. The standard InChI is InChI=1S/C20H13FN4O2S2/c21-11-5-7-13(8-6-11)25-19(27)17-15(26)9-12(22-18(17)24-25)10-28-20-23-14-3-1-2-4-16(14)29-20/h1-9H,10H2,(H2,22,24,26). The van der Waals surface area contributed by atoms with Crippen molar-refractivity contribution in [3.63, 3.8) is 0 Å². The number of thiazole rings is 1. The fraction of sp³-hybridized carbons (Fsp3) is 0.0500. The largest absolute Gasteiger partial charge is 0.343 e. The number of fused-ring (bicyclic) bond motifs is 2. The molecule has 29 heavy (non-hydrogen) atoms. The number of hydrogen-bond donors (Lipinski definition) is 2. The first kappa shape index (κ1) is 17.9. The molecule has 2 N–H and O–H groups in total. The van der Waals surface area contributed by atoms with Crippen LogP contribution < -0.4 is 11.0 Å². The summed E-state index contributed by atoms with van der Waals surface area (Å²) in [6.07, 6.45) is 0. The average Bonchev–Trinajstić information content (AvgIpc) is 3.28. The minimum absolute atomic E-state index is 0.0445. The van der Waals surface area contributed by atoms with Gasteiger partial charge in [0.05, 0.1) is 15.9 Å². The number of hydrogen-bond acceptors (Lipinski definition) is 5. The van der Waals surface area contributed by atoms with Crippen LogP contribution in [0.1, 0.15) is 5.69 Å². The van der Waals surface area contributed by atoms with Crippen LogP contribution in [0.25, 0.3) is 26.9 Å². The molecule has 0 saturated heterocycles. The third-order valence-electron chi connectivity index (χ3n) is 4.44. The highest BCUT2D eigenvalue weighted by molar-refractivity contribution is 8.00. The molecule has 0 aliphatic carbocycles. The van der Waals surface area contributed by atoms with Crippen LogP contribution in [0, 0.1) is 5.82 Å². The summed E-state index contributed by atoms with van der Waals surface area (Å²) in [5.41, 5.74) is 1.58. The van der Waals surface area contributed by atoms with Crippen molar-refractivity contribution in [2.24, 2.45) is 0 Å². The molecule has 144 valence electrons. The van der Waals surface area contributed by atoms with Gasteiger partial charge in [-0.05, 0) is 36.4 Å². The number of benzene rings is 2. The van der Waals surface area contributed by atoms with Crippen LogP contribution in [0.4, 0.5) is 4.39 Å². The van der Waals surface area contributed by atoms with E-state index in [0.717, 1.165) is 14.6 Å². The van der Waals surface area contributed by atoms with Gasteiger partial charge in [0, 0.05) is 17.5 Å². The van der Waals surface area contributed by atoms with E-state index in [1.54, 1.807) is 11.3 Å². The Bertz CT molecular complexity index is 1430. The zero-order valence-electron chi connectivity index (χ0n) is 14.8. The molecule has 0 atom stereocenters. The second-order valence-electron chi connectivity index (χ2n) is 6.37. The molecule has 0 spiro atoms. The third-order valence-corrected chi connectivity index (χ3v) is 6.67. The van der Waals surface area contributed by atoms with Crippen LogP contribution in [0.2, 0.25) is 0 Å². The molecular weight excluding hydrogens is 411 g/mol. The first-order chi connectivity index (χ1) is 14.1. The summed E-state index contributed by atoms with van der Waals surface area (Å²) in [6.45, 7) is 0. The van der Waals surface area contributed by atoms with Crippen molar-refractivity contribution >= 4 is 44.3 Å². The van der Waals surface area contributed by atoms with Crippen molar-refractivity contribution < 1.29 is 4.39 Å². The Hall–Kier alpha value is -3.17. The first-order valence-electron chi connectivity index (χ1n) is 8.70. The lowest BCUT2D eigenvalue weighted by atomic mass is 10.3. The fourth-order valence-corrected chi connectivity index (χ4v) is 5.06. The quantitative estimate of drug-likeness (QED) is 0.427. The summed E-state index contributed by atoms with van der Waals surface area (Å²) in [5.74, 6) is 0.109. The summed E-state index contributed by atoms with van der Waals surface area (Å²) < 4.78 is 16.4. The lowest BCUT2D eigenvalue weighted by Crippen LogP contribution is -2.18. The molecule has 0 aliphatic rings. The highest BCUT2D eigenvalue weighted by atomic mass is 32.2. The molecule has 2 aromatic carbocycles. The van der Waals surface area contributed by atoms with Gasteiger partial charge in [0.25, 0.3) is 5.56 Å². The minimum atomic E-state index is -0.474. The van der Waals surface area contributed by atoms with Crippen molar-refractivity contribution in [1.82, 2.24) is 19.7 Å². The Kier molecular flexibility index (Phi) is 4.33. The van der Waals surface area contributed by atoms with Gasteiger partial charge < -0.3 is 4.98 Å². The molecule has 5 aromatic rings. The molecule has 9 heteroatoms. The average molecular weight is 424 g/mol. The monoisotopic (exact) mass is 424 g/mol. The van der Waals surface area contributed by atoms with Gasteiger partial charge in [-0.25, -0.2) is 14.1 Å². The van der Waals surface area contributed by atoms with Gasteiger partial charge in [0.1, 0.15) is 16.9 Å². The van der Waals surface area contributed by atoms with E-state index in [2.05, 4.69) is 15.1 Å². The van der Waals surface area contributed by atoms with E-state index in [-0.39, 0.29) is 10.8 Å². The normalized spacial score (nSPS) is 11.5. The number of aromatic amines is 2. The molecule has 5 rings (SSSR count). The predicted octanol–water partition coefficient (Wildman–Crippen LogP) is 4.05. The maximum absolute atomic E-state index is 13.2. The van der Waals surface area contributed by atoms with E-state index in [4.69, 9.17) is 0 Å². The number of rotatable bonds is 4. The number of H-pyrrole nitrogens is 2. The third kappa shape index (κ3) is 3.28. The van der Waals surface area contributed by atoms with E-state index >= 15 is 0 Å². The first-order valence-corrected chi connectivity index (χ1v) is 10.5. The van der Waals surface area contributed by atoms with Crippen LogP contribution in [-0.4, -0.2) is 19.7 Å². The van der Waals surface area contributed by atoms with Gasteiger partial charge in [-0.15, -0.1) is 11.3 Å². The molecule has 0 aliphatic heterocycles. The number of para-hydroxylation sites is 1. The summed E-state index contributed by atoms with van der Waals surface area (Å²) in [6, 6.07) is 14.8. The number of thioether (sulfide) groups is 1. The van der Waals surface area contributed by atoms with Crippen molar-refractivity contribution in [2.75, 3.05) is 0 Å². The second-order valence-corrected chi connectivity index (χ2v) is 8.63.